The van der Waals surface area contributed by atoms with Crippen LogP contribution >= 0.6 is 0 Å². The zero-order valence-electron chi connectivity index (χ0n) is 19.2. The predicted octanol–water partition coefficient (Wildman–Crippen LogP) is 6.45. The van der Waals surface area contributed by atoms with Crippen LogP contribution < -0.4 is 0 Å². The Morgan fingerprint density at radius 1 is 1.33 bits per heavy atom. The summed E-state index contributed by atoms with van der Waals surface area (Å²) >= 11 is 0. The second kappa shape index (κ2) is 12.8. The van der Waals surface area contributed by atoms with E-state index in [0.717, 1.165) is 42.4 Å². The molecule has 0 saturated heterocycles. The fraction of sp³-hybridized carbons (Fsp3) is 0.462. The molecule has 0 aliphatic heterocycles. The lowest BCUT2D eigenvalue weighted by atomic mass is 9.83. The molecule has 1 saturated carbocycles. The quantitative estimate of drug-likeness (QED) is 0.100. The van der Waals surface area contributed by atoms with Crippen LogP contribution in [0.4, 0.5) is 0 Å². The Kier molecular flexibility index (Phi) is 10.9. The van der Waals surface area contributed by atoms with Gasteiger partial charge in [0, 0.05) is 18.7 Å². The van der Waals surface area contributed by atoms with Crippen molar-refractivity contribution in [2.75, 3.05) is 13.7 Å². The van der Waals surface area contributed by atoms with Gasteiger partial charge in [0.2, 0.25) is 0 Å². The number of hydrogen-bond donors (Lipinski definition) is 1. The number of methoxy groups -OCH3 is 1. The normalized spacial score (nSPS) is 17.6. The van der Waals surface area contributed by atoms with Gasteiger partial charge in [0.15, 0.2) is 0 Å². The van der Waals surface area contributed by atoms with Crippen LogP contribution in [0.3, 0.4) is 0 Å². The van der Waals surface area contributed by atoms with E-state index >= 15 is 0 Å². The van der Waals surface area contributed by atoms with E-state index in [1.54, 1.807) is 6.08 Å². The summed E-state index contributed by atoms with van der Waals surface area (Å²) in [5.74, 6) is -0.0991. The number of carbonyl (C=O) groups is 1. The van der Waals surface area contributed by atoms with Gasteiger partial charge in [0.25, 0.3) is 0 Å². The SMILES string of the molecule is C=CC(C/C=C\C)\C(C(=C)C1CC1)=C(C)/C(C)=C/C(O)=C(\C=NCCC)C(=O)OC. The molecule has 1 unspecified atom stereocenters. The summed E-state index contributed by atoms with van der Waals surface area (Å²) in [7, 11) is 1.29. The number of allylic oxidation sites excluding steroid dienone is 8. The maximum atomic E-state index is 12.1. The van der Waals surface area contributed by atoms with Gasteiger partial charge >= 0.3 is 5.97 Å². The third-order valence-corrected chi connectivity index (χ3v) is 5.30. The molecule has 0 aromatic heterocycles. The summed E-state index contributed by atoms with van der Waals surface area (Å²) in [6.45, 7) is 17.0. The van der Waals surface area contributed by atoms with E-state index < -0.39 is 5.97 Å². The molecule has 0 aromatic rings. The molecule has 4 heteroatoms. The number of aliphatic imine (C=N–C) groups is 1. The number of ether oxygens (including phenoxy) is 1. The van der Waals surface area contributed by atoms with Crippen molar-refractivity contribution in [2.24, 2.45) is 16.8 Å². The van der Waals surface area contributed by atoms with Crippen molar-refractivity contribution < 1.29 is 14.6 Å². The number of nitrogens with zero attached hydrogens (tertiary/aromatic N) is 1. The van der Waals surface area contributed by atoms with Gasteiger partial charge in [0.05, 0.1) is 7.11 Å². The van der Waals surface area contributed by atoms with E-state index in [9.17, 15) is 9.90 Å². The first kappa shape index (κ1) is 25.4. The third-order valence-electron chi connectivity index (χ3n) is 5.30. The Hall–Kier alpha value is -2.62. The maximum Gasteiger partial charge on any atom is 0.343 e. The highest BCUT2D eigenvalue weighted by molar-refractivity contribution is 6.10. The van der Waals surface area contributed by atoms with Crippen LogP contribution in [-0.4, -0.2) is 30.9 Å². The molecule has 164 valence electrons. The third kappa shape index (κ3) is 7.33. The molecule has 0 radical (unpaired) electrons. The molecule has 30 heavy (non-hydrogen) atoms. The highest BCUT2D eigenvalue weighted by Gasteiger charge is 2.30. The summed E-state index contributed by atoms with van der Waals surface area (Å²) < 4.78 is 4.81. The van der Waals surface area contributed by atoms with E-state index in [4.69, 9.17) is 4.74 Å². The number of carbonyl (C=O) groups excluding carboxylic acids is 1. The van der Waals surface area contributed by atoms with Gasteiger partial charge in [-0.3, -0.25) is 4.99 Å². The molecule has 0 amide bonds. The Bertz CT molecular complexity index is 789. The number of aliphatic hydroxyl groups is 1. The lowest BCUT2D eigenvalue weighted by Gasteiger charge is -2.22. The van der Waals surface area contributed by atoms with Crippen LogP contribution in [0.1, 0.15) is 53.4 Å². The summed E-state index contributed by atoms with van der Waals surface area (Å²) in [5, 5.41) is 10.6. The molecule has 0 heterocycles. The molecule has 1 atom stereocenters. The molecule has 1 aliphatic carbocycles. The van der Waals surface area contributed by atoms with Crippen LogP contribution in [0.25, 0.3) is 0 Å². The summed E-state index contributed by atoms with van der Waals surface area (Å²) in [5.41, 5.74) is 4.28. The van der Waals surface area contributed by atoms with Crippen molar-refractivity contribution in [1.29, 1.82) is 0 Å². The smallest absolute Gasteiger partial charge is 0.343 e. The Morgan fingerprint density at radius 2 is 2.00 bits per heavy atom. The summed E-state index contributed by atoms with van der Waals surface area (Å²) in [6, 6.07) is 0. The molecule has 1 aliphatic rings. The topological polar surface area (TPSA) is 58.9 Å². The molecule has 1 rings (SSSR count). The van der Waals surface area contributed by atoms with Crippen LogP contribution in [-0.2, 0) is 9.53 Å². The summed E-state index contributed by atoms with van der Waals surface area (Å²) in [6.07, 6.45) is 13.2. The van der Waals surface area contributed by atoms with Crippen molar-refractivity contribution in [3.05, 3.63) is 71.1 Å². The van der Waals surface area contributed by atoms with E-state index in [0.29, 0.717) is 12.5 Å². The summed E-state index contributed by atoms with van der Waals surface area (Å²) in [4.78, 5) is 16.3. The minimum absolute atomic E-state index is 0.0508. The minimum atomic E-state index is -0.613. The van der Waals surface area contributed by atoms with Crippen molar-refractivity contribution in [3.63, 3.8) is 0 Å². The first-order chi connectivity index (χ1) is 14.3. The second-order valence-corrected chi connectivity index (χ2v) is 7.64. The van der Waals surface area contributed by atoms with E-state index in [1.807, 2.05) is 39.8 Å². The van der Waals surface area contributed by atoms with Gasteiger partial charge in [-0.1, -0.05) is 31.7 Å². The number of aliphatic hydroxyl groups excluding tert-OH is 1. The Balaban J connectivity index is 3.45. The predicted molar refractivity (Wildman–Crippen MR) is 127 cm³/mol. The van der Waals surface area contributed by atoms with Gasteiger partial charge < -0.3 is 9.84 Å². The molecular formula is C26H37NO3. The van der Waals surface area contributed by atoms with Gasteiger partial charge in [-0.2, -0.15) is 0 Å². The molecule has 1 fully saturated rings. The van der Waals surface area contributed by atoms with Gasteiger partial charge in [-0.05, 0) is 80.7 Å². The molecular weight excluding hydrogens is 374 g/mol. The van der Waals surface area contributed by atoms with Gasteiger partial charge in [0.1, 0.15) is 11.3 Å². The van der Waals surface area contributed by atoms with E-state index in [1.165, 1.54) is 18.9 Å². The van der Waals surface area contributed by atoms with Crippen LogP contribution in [0.15, 0.2) is 76.1 Å². The number of rotatable bonds is 12. The Labute approximate surface area is 182 Å². The highest BCUT2D eigenvalue weighted by atomic mass is 16.5. The van der Waals surface area contributed by atoms with Crippen LogP contribution in [0, 0.1) is 11.8 Å². The van der Waals surface area contributed by atoms with Crippen molar-refractivity contribution in [3.8, 4) is 0 Å². The zero-order valence-corrected chi connectivity index (χ0v) is 19.2. The lowest BCUT2D eigenvalue weighted by molar-refractivity contribution is -0.135. The molecule has 0 spiro atoms. The van der Waals surface area contributed by atoms with Crippen molar-refractivity contribution in [2.45, 2.75) is 53.4 Å². The van der Waals surface area contributed by atoms with Crippen LogP contribution in [0.2, 0.25) is 0 Å². The second-order valence-electron chi connectivity index (χ2n) is 7.64. The zero-order chi connectivity index (χ0) is 22.7. The van der Waals surface area contributed by atoms with Gasteiger partial charge in [-0.15, -0.1) is 6.58 Å². The van der Waals surface area contributed by atoms with E-state index in [2.05, 4.69) is 24.2 Å². The van der Waals surface area contributed by atoms with Crippen LogP contribution in [0.5, 0.6) is 0 Å². The average molecular weight is 412 g/mol. The number of esters is 1. The average Bonchev–Trinajstić information content (AvgIpc) is 3.58. The van der Waals surface area contributed by atoms with Crippen molar-refractivity contribution in [1.82, 2.24) is 0 Å². The monoisotopic (exact) mass is 411 g/mol. The molecule has 0 bridgehead atoms. The van der Waals surface area contributed by atoms with E-state index in [-0.39, 0.29) is 17.3 Å². The first-order valence-electron chi connectivity index (χ1n) is 10.7. The maximum absolute atomic E-state index is 12.1. The highest BCUT2D eigenvalue weighted by Crippen LogP contribution is 2.43. The lowest BCUT2D eigenvalue weighted by Crippen LogP contribution is -2.10. The minimum Gasteiger partial charge on any atom is -0.507 e. The fourth-order valence-electron chi connectivity index (χ4n) is 3.25. The largest absolute Gasteiger partial charge is 0.507 e. The van der Waals surface area contributed by atoms with Gasteiger partial charge in [-0.25, -0.2) is 4.79 Å². The standard InChI is InChI=1S/C26H37NO3/c1-8-11-12-21(10-3)25(20(6)22-13-14-22)19(5)18(4)16-24(28)23(26(29)30-7)17-27-15-9-2/h8,10-11,16-17,21-22,28H,3,6,9,12-15H2,1-2,4-5,7H3/b11-8-,18-16+,24-23-,25-19-,27-17?. The first-order valence-corrected chi connectivity index (χ1v) is 10.7. The fourth-order valence-corrected chi connectivity index (χ4v) is 3.25. The molecule has 0 aromatic carbocycles. The Morgan fingerprint density at radius 3 is 2.50 bits per heavy atom. The molecule has 1 N–H and O–H groups in total. The van der Waals surface area contributed by atoms with Crippen molar-refractivity contribution >= 4 is 12.2 Å². The number of hydrogen-bond acceptors (Lipinski definition) is 4. The molecule has 4 nitrogen and oxygen atoms in total.